The molecule has 1 unspecified atom stereocenters. The summed E-state index contributed by atoms with van der Waals surface area (Å²) in [6.07, 6.45) is -0.490. The van der Waals surface area contributed by atoms with Gasteiger partial charge in [-0.3, -0.25) is 4.79 Å². The molecule has 0 aromatic carbocycles. The summed E-state index contributed by atoms with van der Waals surface area (Å²) < 4.78 is 0. The molecule has 0 saturated heterocycles. The van der Waals surface area contributed by atoms with Crippen LogP contribution in [0.4, 0.5) is 0 Å². The van der Waals surface area contributed by atoms with E-state index in [2.05, 4.69) is 10.6 Å². The van der Waals surface area contributed by atoms with Crippen molar-refractivity contribution >= 4 is 5.91 Å². The molecule has 0 aliphatic carbocycles. The summed E-state index contributed by atoms with van der Waals surface area (Å²) in [5.74, 6) is 0.427. The first-order valence-electron chi connectivity index (χ1n) is 5.45. The molecule has 4 heteroatoms. The van der Waals surface area contributed by atoms with Crippen molar-refractivity contribution in [2.75, 3.05) is 13.1 Å². The maximum absolute atomic E-state index is 11.4. The van der Waals surface area contributed by atoms with Crippen molar-refractivity contribution in [1.29, 1.82) is 0 Å². The molecule has 0 aromatic rings. The summed E-state index contributed by atoms with van der Waals surface area (Å²) >= 11 is 0. The number of hydrogen-bond donors (Lipinski definition) is 3. The van der Waals surface area contributed by atoms with Crippen molar-refractivity contribution in [1.82, 2.24) is 10.6 Å². The maximum atomic E-state index is 11.4. The van der Waals surface area contributed by atoms with Gasteiger partial charge in [-0.1, -0.05) is 13.8 Å². The van der Waals surface area contributed by atoms with Gasteiger partial charge in [-0.05, 0) is 26.7 Å². The van der Waals surface area contributed by atoms with Gasteiger partial charge in [0.25, 0.3) is 0 Å². The standard InChI is InChI=1S/C11H24N2O2/c1-8(2)6-12-10(15)7-13-11(4,5)9(3)14/h8-9,13-14H,6-7H2,1-5H3,(H,12,15). The quantitative estimate of drug-likeness (QED) is 0.606. The van der Waals surface area contributed by atoms with Gasteiger partial charge in [-0.25, -0.2) is 0 Å². The number of aliphatic hydroxyl groups excluding tert-OH is 1. The molecule has 0 radical (unpaired) electrons. The zero-order valence-electron chi connectivity index (χ0n) is 10.4. The van der Waals surface area contributed by atoms with Crippen LogP contribution in [-0.4, -0.2) is 35.7 Å². The van der Waals surface area contributed by atoms with E-state index in [1.165, 1.54) is 0 Å². The number of rotatable bonds is 6. The second-order valence-electron chi connectivity index (χ2n) is 4.95. The Hall–Kier alpha value is -0.610. The van der Waals surface area contributed by atoms with E-state index in [0.29, 0.717) is 12.5 Å². The van der Waals surface area contributed by atoms with Crippen LogP contribution in [0.1, 0.15) is 34.6 Å². The number of carbonyl (C=O) groups is 1. The van der Waals surface area contributed by atoms with E-state index in [1.54, 1.807) is 6.92 Å². The Morgan fingerprint density at radius 1 is 1.33 bits per heavy atom. The lowest BCUT2D eigenvalue weighted by molar-refractivity contribution is -0.120. The largest absolute Gasteiger partial charge is 0.392 e. The SMILES string of the molecule is CC(C)CNC(=O)CNC(C)(C)C(C)O. The molecule has 0 heterocycles. The number of carbonyl (C=O) groups excluding carboxylic acids is 1. The Kier molecular flexibility index (Phi) is 5.83. The van der Waals surface area contributed by atoms with Crippen LogP contribution >= 0.6 is 0 Å². The number of hydrogen-bond acceptors (Lipinski definition) is 3. The normalized spacial score (nSPS) is 14.1. The molecule has 15 heavy (non-hydrogen) atoms. The third-order valence-corrected chi connectivity index (χ3v) is 2.46. The van der Waals surface area contributed by atoms with Gasteiger partial charge >= 0.3 is 0 Å². The van der Waals surface area contributed by atoms with Gasteiger partial charge in [0.1, 0.15) is 0 Å². The highest BCUT2D eigenvalue weighted by atomic mass is 16.3. The number of nitrogens with one attached hydrogen (secondary N) is 2. The van der Waals surface area contributed by atoms with Crippen molar-refractivity contribution in [3.8, 4) is 0 Å². The monoisotopic (exact) mass is 216 g/mol. The fraction of sp³-hybridized carbons (Fsp3) is 0.909. The van der Waals surface area contributed by atoms with Crippen LogP contribution in [0.25, 0.3) is 0 Å². The summed E-state index contributed by atoms with van der Waals surface area (Å²) in [7, 11) is 0. The first-order valence-corrected chi connectivity index (χ1v) is 5.45. The van der Waals surface area contributed by atoms with Crippen LogP contribution < -0.4 is 10.6 Å². The van der Waals surface area contributed by atoms with Gasteiger partial charge in [-0.2, -0.15) is 0 Å². The van der Waals surface area contributed by atoms with Gasteiger partial charge in [0, 0.05) is 12.1 Å². The van der Waals surface area contributed by atoms with Crippen molar-refractivity contribution < 1.29 is 9.90 Å². The fourth-order valence-corrected chi connectivity index (χ4v) is 0.836. The molecule has 0 aromatic heterocycles. The molecule has 1 atom stereocenters. The molecule has 0 rings (SSSR count). The molecule has 4 nitrogen and oxygen atoms in total. The Labute approximate surface area is 92.4 Å². The second-order valence-corrected chi connectivity index (χ2v) is 4.95. The summed E-state index contributed by atoms with van der Waals surface area (Å²) in [5.41, 5.74) is -0.435. The van der Waals surface area contributed by atoms with Gasteiger partial charge in [-0.15, -0.1) is 0 Å². The van der Waals surface area contributed by atoms with E-state index in [1.807, 2.05) is 27.7 Å². The summed E-state index contributed by atoms with van der Waals surface area (Å²) in [6, 6.07) is 0. The minimum Gasteiger partial charge on any atom is -0.392 e. The molecule has 0 aliphatic rings. The Morgan fingerprint density at radius 2 is 1.87 bits per heavy atom. The topological polar surface area (TPSA) is 61.4 Å². The smallest absolute Gasteiger partial charge is 0.233 e. The Morgan fingerprint density at radius 3 is 2.27 bits per heavy atom. The first-order chi connectivity index (χ1) is 6.75. The van der Waals surface area contributed by atoms with Crippen LogP contribution in [0.15, 0.2) is 0 Å². The average molecular weight is 216 g/mol. The highest BCUT2D eigenvalue weighted by Crippen LogP contribution is 2.07. The van der Waals surface area contributed by atoms with Gasteiger partial charge in [0.05, 0.1) is 12.6 Å². The van der Waals surface area contributed by atoms with Crippen LogP contribution in [0, 0.1) is 5.92 Å². The molecule has 0 aliphatic heterocycles. The van der Waals surface area contributed by atoms with Crippen molar-refractivity contribution in [2.24, 2.45) is 5.92 Å². The molecule has 3 N–H and O–H groups in total. The van der Waals surface area contributed by atoms with Crippen molar-refractivity contribution in [2.45, 2.75) is 46.3 Å². The molecule has 90 valence electrons. The minimum atomic E-state index is -0.490. The van der Waals surface area contributed by atoms with Crippen molar-refractivity contribution in [3.05, 3.63) is 0 Å². The lowest BCUT2D eigenvalue weighted by Crippen LogP contribution is -2.51. The van der Waals surface area contributed by atoms with E-state index < -0.39 is 11.6 Å². The van der Waals surface area contributed by atoms with Crippen LogP contribution in [0.5, 0.6) is 0 Å². The highest BCUT2D eigenvalue weighted by Gasteiger charge is 2.23. The average Bonchev–Trinajstić information content (AvgIpc) is 2.11. The second kappa shape index (κ2) is 6.08. The van der Waals surface area contributed by atoms with Crippen LogP contribution in [0.3, 0.4) is 0 Å². The summed E-state index contributed by atoms with van der Waals surface area (Å²) in [5, 5.41) is 15.2. The summed E-state index contributed by atoms with van der Waals surface area (Å²) in [4.78, 5) is 11.4. The summed E-state index contributed by atoms with van der Waals surface area (Å²) in [6.45, 7) is 10.5. The lowest BCUT2D eigenvalue weighted by atomic mass is 9.99. The highest BCUT2D eigenvalue weighted by molar-refractivity contribution is 5.78. The van der Waals surface area contributed by atoms with E-state index in [0.717, 1.165) is 0 Å². The number of aliphatic hydroxyl groups is 1. The van der Waals surface area contributed by atoms with E-state index in [9.17, 15) is 9.90 Å². The predicted molar refractivity (Wildman–Crippen MR) is 61.6 cm³/mol. The molecular formula is C11H24N2O2. The molecule has 0 saturated carbocycles. The first kappa shape index (κ1) is 14.4. The third-order valence-electron chi connectivity index (χ3n) is 2.46. The number of amides is 1. The minimum absolute atomic E-state index is 0.0302. The third kappa shape index (κ3) is 6.47. The Bertz CT molecular complexity index is 201. The van der Waals surface area contributed by atoms with E-state index in [4.69, 9.17) is 0 Å². The lowest BCUT2D eigenvalue weighted by Gasteiger charge is -2.29. The zero-order chi connectivity index (χ0) is 12.1. The molecule has 0 bridgehead atoms. The molecule has 1 amide bonds. The van der Waals surface area contributed by atoms with Gasteiger partial charge in [0.2, 0.25) is 5.91 Å². The maximum Gasteiger partial charge on any atom is 0.233 e. The van der Waals surface area contributed by atoms with E-state index >= 15 is 0 Å². The zero-order valence-corrected chi connectivity index (χ0v) is 10.4. The van der Waals surface area contributed by atoms with Crippen LogP contribution in [-0.2, 0) is 4.79 Å². The fourth-order valence-electron chi connectivity index (χ4n) is 0.836. The Balaban J connectivity index is 3.80. The van der Waals surface area contributed by atoms with Crippen molar-refractivity contribution in [3.63, 3.8) is 0 Å². The molecular weight excluding hydrogens is 192 g/mol. The molecule has 0 fully saturated rings. The molecule has 0 spiro atoms. The predicted octanol–water partition coefficient (Wildman–Crippen LogP) is 0.508. The van der Waals surface area contributed by atoms with Crippen LogP contribution in [0.2, 0.25) is 0 Å². The van der Waals surface area contributed by atoms with Gasteiger partial charge in [0.15, 0.2) is 0 Å². The van der Waals surface area contributed by atoms with E-state index in [-0.39, 0.29) is 12.5 Å². The van der Waals surface area contributed by atoms with Gasteiger partial charge < -0.3 is 15.7 Å².